The highest BCUT2D eigenvalue weighted by Crippen LogP contribution is 2.43. The first-order valence-electron chi connectivity index (χ1n) is 13.5. The minimum atomic E-state index is 0.396. The van der Waals surface area contributed by atoms with Gasteiger partial charge in [-0.3, -0.25) is 9.59 Å². The van der Waals surface area contributed by atoms with Crippen molar-refractivity contribution in [1.82, 2.24) is 0 Å². The molecule has 0 saturated carbocycles. The van der Waals surface area contributed by atoms with Crippen LogP contribution in [0.4, 0.5) is 11.4 Å². The molecule has 2 aromatic rings. The van der Waals surface area contributed by atoms with E-state index in [2.05, 4.69) is 46.2 Å². The molecule has 4 saturated heterocycles. The minimum absolute atomic E-state index is 0.396. The monoisotopic (exact) mass is 454 g/mol. The molecule has 1 aliphatic carbocycles. The zero-order valence-corrected chi connectivity index (χ0v) is 20.0. The Morgan fingerprint density at radius 2 is 0.941 bits per heavy atom. The molecule has 0 unspecified atom stereocenters. The number of piperidine rings is 4. The van der Waals surface area contributed by atoms with Crippen LogP contribution in [0.1, 0.15) is 75.3 Å². The second-order valence-corrected chi connectivity index (χ2v) is 11.4. The van der Waals surface area contributed by atoms with E-state index in [1.165, 1.54) is 46.5 Å². The molecule has 0 radical (unpaired) electrons. The first-order chi connectivity index (χ1) is 16.6. The Hall–Kier alpha value is -2.62. The molecule has 176 valence electrons. The van der Waals surface area contributed by atoms with Crippen molar-refractivity contribution in [1.29, 1.82) is 0 Å². The van der Waals surface area contributed by atoms with Gasteiger partial charge in [0, 0.05) is 61.2 Å². The van der Waals surface area contributed by atoms with Gasteiger partial charge in [-0.2, -0.15) is 0 Å². The molecule has 4 nitrogen and oxygen atoms in total. The third-order valence-electron chi connectivity index (χ3n) is 9.30. The number of hydrogen-bond donors (Lipinski definition) is 0. The zero-order chi connectivity index (χ0) is 22.8. The SMILES string of the molecule is O=C1C[C@H]2CCC[C@@H](C1)N2c1ccc2c(c1)CCc1cc(N3[C@@H]4CCC[C@H]3CC(=O)C4)ccc1-2. The normalized spacial score (nSPS) is 30.1. The second kappa shape index (κ2) is 7.96. The number of anilines is 2. The maximum Gasteiger partial charge on any atom is 0.137 e. The Morgan fingerprint density at radius 1 is 0.559 bits per heavy atom. The molecular formula is C30H34N2O2. The van der Waals surface area contributed by atoms with E-state index in [9.17, 15) is 9.59 Å². The van der Waals surface area contributed by atoms with Crippen LogP contribution in [-0.4, -0.2) is 35.7 Å². The molecule has 4 fully saturated rings. The van der Waals surface area contributed by atoms with Gasteiger partial charge in [0.2, 0.25) is 0 Å². The summed E-state index contributed by atoms with van der Waals surface area (Å²) in [5.74, 6) is 0.909. The molecule has 7 rings (SSSR count). The fourth-order valence-corrected chi connectivity index (χ4v) is 7.88. The average Bonchev–Trinajstić information content (AvgIpc) is 2.82. The summed E-state index contributed by atoms with van der Waals surface area (Å²) in [6.07, 6.45) is 12.2. The van der Waals surface area contributed by atoms with Crippen LogP contribution in [0.5, 0.6) is 0 Å². The number of rotatable bonds is 2. The third kappa shape index (κ3) is 3.32. The Kier molecular flexibility index (Phi) is 4.86. The van der Waals surface area contributed by atoms with Crippen molar-refractivity contribution in [2.45, 2.75) is 101 Å². The summed E-state index contributed by atoms with van der Waals surface area (Å²) >= 11 is 0. The minimum Gasteiger partial charge on any atom is -0.365 e. The summed E-state index contributed by atoms with van der Waals surface area (Å²) in [4.78, 5) is 29.6. The molecule has 4 heterocycles. The lowest BCUT2D eigenvalue weighted by Gasteiger charge is -2.47. The third-order valence-corrected chi connectivity index (χ3v) is 9.30. The van der Waals surface area contributed by atoms with Crippen LogP contribution >= 0.6 is 0 Å². The van der Waals surface area contributed by atoms with Gasteiger partial charge in [-0.25, -0.2) is 0 Å². The van der Waals surface area contributed by atoms with Crippen molar-refractivity contribution in [3.63, 3.8) is 0 Å². The van der Waals surface area contributed by atoms with Gasteiger partial charge in [-0.15, -0.1) is 0 Å². The number of fused-ring (bicyclic) bond motifs is 7. The number of hydrogen-bond acceptors (Lipinski definition) is 4. The van der Waals surface area contributed by atoms with Crippen LogP contribution in [0, 0.1) is 0 Å². The number of Topliss-reactive ketones (excluding diaryl/α,β-unsaturated/α-hetero) is 2. The smallest absolute Gasteiger partial charge is 0.137 e. The van der Waals surface area contributed by atoms with Crippen molar-refractivity contribution < 1.29 is 9.59 Å². The first-order valence-corrected chi connectivity index (χ1v) is 13.5. The van der Waals surface area contributed by atoms with Crippen LogP contribution < -0.4 is 9.80 Å². The van der Waals surface area contributed by atoms with Gasteiger partial charge >= 0.3 is 0 Å². The molecule has 2 aromatic carbocycles. The van der Waals surface area contributed by atoms with Gasteiger partial charge < -0.3 is 9.80 Å². The molecule has 34 heavy (non-hydrogen) atoms. The van der Waals surface area contributed by atoms with E-state index in [0.717, 1.165) is 64.2 Å². The molecule has 4 bridgehead atoms. The van der Waals surface area contributed by atoms with Crippen LogP contribution in [0.15, 0.2) is 36.4 Å². The molecule has 0 aromatic heterocycles. The van der Waals surface area contributed by atoms with Gasteiger partial charge in [0.25, 0.3) is 0 Å². The molecule has 4 aliphatic heterocycles. The van der Waals surface area contributed by atoms with Gasteiger partial charge in [0.15, 0.2) is 0 Å². The fourth-order valence-electron chi connectivity index (χ4n) is 7.88. The van der Waals surface area contributed by atoms with E-state index < -0.39 is 0 Å². The second-order valence-electron chi connectivity index (χ2n) is 11.4. The van der Waals surface area contributed by atoms with E-state index in [0.29, 0.717) is 35.7 Å². The van der Waals surface area contributed by atoms with Crippen LogP contribution in [0.25, 0.3) is 11.1 Å². The summed E-state index contributed by atoms with van der Waals surface area (Å²) in [7, 11) is 0. The predicted octanol–water partition coefficient (Wildman–Crippen LogP) is 5.63. The van der Waals surface area contributed by atoms with Crippen molar-refractivity contribution in [2.24, 2.45) is 0 Å². The highest BCUT2D eigenvalue weighted by atomic mass is 16.1. The number of aryl methyl sites for hydroxylation is 2. The Labute approximate surface area is 202 Å². The van der Waals surface area contributed by atoms with E-state index in [1.807, 2.05) is 0 Å². The van der Waals surface area contributed by atoms with Gasteiger partial charge in [-0.05, 0) is 97.9 Å². The Bertz CT molecular complexity index is 1050. The van der Waals surface area contributed by atoms with E-state index in [4.69, 9.17) is 0 Å². The number of benzene rings is 2. The number of carbonyl (C=O) groups is 2. The number of ketones is 2. The maximum absolute atomic E-state index is 12.2. The zero-order valence-electron chi connectivity index (χ0n) is 20.0. The summed E-state index contributed by atoms with van der Waals surface area (Å²) in [6, 6.07) is 15.7. The first kappa shape index (κ1) is 20.7. The fraction of sp³-hybridized carbons (Fsp3) is 0.533. The van der Waals surface area contributed by atoms with Crippen molar-refractivity contribution in [3.8, 4) is 11.1 Å². The van der Waals surface area contributed by atoms with Crippen LogP contribution in [-0.2, 0) is 22.4 Å². The summed E-state index contributed by atoms with van der Waals surface area (Å²) in [5.41, 5.74) is 8.31. The van der Waals surface area contributed by atoms with Crippen LogP contribution in [0.3, 0.4) is 0 Å². The lowest BCUT2D eigenvalue weighted by atomic mass is 9.81. The quantitative estimate of drug-likeness (QED) is 0.589. The Balaban J connectivity index is 1.19. The molecule has 0 amide bonds. The van der Waals surface area contributed by atoms with Gasteiger partial charge in [0.1, 0.15) is 11.6 Å². The predicted molar refractivity (Wildman–Crippen MR) is 136 cm³/mol. The lowest BCUT2D eigenvalue weighted by Crippen LogP contribution is -2.52. The van der Waals surface area contributed by atoms with Crippen molar-refractivity contribution in [2.75, 3.05) is 9.80 Å². The van der Waals surface area contributed by atoms with Gasteiger partial charge in [0.05, 0.1) is 0 Å². The molecular weight excluding hydrogens is 420 g/mol. The average molecular weight is 455 g/mol. The van der Waals surface area contributed by atoms with Crippen molar-refractivity contribution >= 4 is 22.9 Å². The van der Waals surface area contributed by atoms with Crippen LogP contribution in [0.2, 0.25) is 0 Å². The topological polar surface area (TPSA) is 40.6 Å². The summed E-state index contributed by atoms with van der Waals surface area (Å²) < 4.78 is 0. The lowest BCUT2D eigenvalue weighted by molar-refractivity contribution is -0.122. The van der Waals surface area contributed by atoms with E-state index in [1.54, 1.807) is 0 Å². The highest BCUT2D eigenvalue weighted by molar-refractivity contribution is 5.84. The van der Waals surface area contributed by atoms with E-state index >= 15 is 0 Å². The largest absolute Gasteiger partial charge is 0.365 e. The highest BCUT2D eigenvalue weighted by Gasteiger charge is 2.39. The number of nitrogens with zero attached hydrogens (tertiary/aromatic N) is 2. The molecule has 0 spiro atoms. The summed E-state index contributed by atoms with van der Waals surface area (Å²) in [6.45, 7) is 0. The molecule has 4 atom stereocenters. The maximum atomic E-state index is 12.2. The Morgan fingerprint density at radius 3 is 1.32 bits per heavy atom. The molecule has 0 N–H and O–H groups in total. The number of carbonyl (C=O) groups excluding carboxylic acids is 2. The standard InChI is InChI=1S/C30H34N2O2/c33-27-15-21-3-1-4-22(16-27)31(21)25-9-11-29-19(13-25)7-8-20-14-26(10-12-30(20)29)32-23-5-2-6-24(32)18-28(34)17-23/h9-14,21-24H,1-8,15-18H2/t21-,22+,23-,24+. The van der Waals surface area contributed by atoms with Gasteiger partial charge in [-0.1, -0.05) is 12.1 Å². The van der Waals surface area contributed by atoms with E-state index in [-0.39, 0.29) is 0 Å². The van der Waals surface area contributed by atoms with Crippen molar-refractivity contribution in [3.05, 3.63) is 47.5 Å². The molecule has 5 aliphatic rings. The molecule has 4 heteroatoms. The summed E-state index contributed by atoms with van der Waals surface area (Å²) in [5, 5.41) is 0.